The van der Waals surface area contributed by atoms with E-state index < -0.39 is 6.10 Å². The summed E-state index contributed by atoms with van der Waals surface area (Å²) in [6.07, 6.45) is 2.64. The molecule has 3 rings (SSSR count). The number of rotatable bonds is 2. The molecule has 0 saturated heterocycles. The number of hydrogen-bond donors (Lipinski definition) is 2. The third-order valence-corrected chi connectivity index (χ3v) is 3.75. The molecule has 2 aromatic heterocycles. The summed E-state index contributed by atoms with van der Waals surface area (Å²) in [6, 6.07) is 9.37. The lowest BCUT2D eigenvalue weighted by Crippen LogP contribution is -1.98. The molecule has 3 nitrogen and oxygen atoms in total. The minimum atomic E-state index is -0.706. The van der Waals surface area contributed by atoms with E-state index in [-0.39, 0.29) is 0 Å². The molecule has 0 bridgehead atoms. The second kappa shape index (κ2) is 4.96. The van der Waals surface area contributed by atoms with Crippen molar-refractivity contribution < 1.29 is 5.11 Å². The van der Waals surface area contributed by atoms with Crippen molar-refractivity contribution >= 4 is 38.6 Å². The van der Waals surface area contributed by atoms with Crippen LogP contribution in [0.2, 0.25) is 5.02 Å². The highest BCUT2D eigenvalue weighted by Crippen LogP contribution is 2.30. The zero-order valence-electron chi connectivity index (χ0n) is 9.77. The first-order valence-electron chi connectivity index (χ1n) is 5.71. The average molecular weight is 338 g/mol. The molecule has 19 heavy (non-hydrogen) atoms. The molecule has 96 valence electrons. The molecule has 2 heterocycles. The Morgan fingerprint density at radius 1 is 1.26 bits per heavy atom. The lowest BCUT2D eigenvalue weighted by atomic mass is 10.0. The van der Waals surface area contributed by atoms with E-state index in [2.05, 4.69) is 25.9 Å². The van der Waals surface area contributed by atoms with E-state index in [1.165, 1.54) is 0 Å². The van der Waals surface area contributed by atoms with Crippen LogP contribution >= 0.6 is 27.5 Å². The smallest absolute Gasteiger partial charge is 0.137 e. The largest absolute Gasteiger partial charge is 0.384 e. The summed E-state index contributed by atoms with van der Waals surface area (Å²) in [4.78, 5) is 7.22. The summed E-state index contributed by atoms with van der Waals surface area (Å²) in [7, 11) is 0. The summed E-state index contributed by atoms with van der Waals surface area (Å²) >= 11 is 9.33. The van der Waals surface area contributed by atoms with Gasteiger partial charge in [0.25, 0.3) is 0 Å². The number of nitrogens with one attached hydrogen (secondary N) is 1. The number of pyridine rings is 1. The van der Waals surface area contributed by atoms with E-state index in [1.807, 2.05) is 24.3 Å². The van der Waals surface area contributed by atoms with Gasteiger partial charge in [0.2, 0.25) is 0 Å². The van der Waals surface area contributed by atoms with E-state index in [0.717, 1.165) is 26.6 Å². The van der Waals surface area contributed by atoms with Crippen molar-refractivity contribution in [2.24, 2.45) is 0 Å². The van der Waals surface area contributed by atoms with Crippen molar-refractivity contribution in [3.05, 3.63) is 63.3 Å². The highest BCUT2D eigenvalue weighted by Gasteiger charge is 2.15. The van der Waals surface area contributed by atoms with Gasteiger partial charge in [0.1, 0.15) is 11.8 Å². The first kappa shape index (κ1) is 12.7. The molecule has 2 N–H and O–H groups in total. The predicted molar refractivity (Wildman–Crippen MR) is 79.3 cm³/mol. The summed E-state index contributed by atoms with van der Waals surface area (Å²) in [5, 5.41) is 11.8. The Morgan fingerprint density at radius 3 is 2.74 bits per heavy atom. The van der Waals surface area contributed by atoms with Gasteiger partial charge in [-0.15, -0.1) is 0 Å². The summed E-state index contributed by atoms with van der Waals surface area (Å²) in [6.45, 7) is 0. The van der Waals surface area contributed by atoms with E-state index >= 15 is 0 Å². The van der Waals surface area contributed by atoms with Crippen LogP contribution in [0.4, 0.5) is 0 Å². The number of aromatic nitrogens is 2. The van der Waals surface area contributed by atoms with E-state index in [4.69, 9.17) is 11.6 Å². The van der Waals surface area contributed by atoms with Gasteiger partial charge in [-0.05, 0) is 23.8 Å². The number of aromatic amines is 1. The molecular weight excluding hydrogens is 328 g/mol. The predicted octanol–water partition coefficient (Wildman–Crippen LogP) is 4.06. The van der Waals surface area contributed by atoms with Crippen molar-refractivity contribution in [1.82, 2.24) is 9.97 Å². The standard InChI is InChI=1S/C14H10BrClN2O/c15-9-3-1-8(2-4-9)13(19)12-7-18-14-11(12)5-10(16)6-17-14/h1-7,13,19H,(H,17,18). The number of halogens is 2. The first-order valence-corrected chi connectivity index (χ1v) is 6.88. The Labute approximate surface area is 123 Å². The molecule has 5 heteroatoms. The zero-order valence-corrected chi connectivity index (χ0v) is 12.1. The maximum absolute atomic E-state index is 10.5. The molecule has 0 saturated carbocycles. The molecule has 1 unspecified atom stereocenters. The van der Waals surface area contributed by atoms with Gasteiger partial charge in [-0.2, -0.15) is 0 Å². The van der Waals surface area contributed by atoms with E-state index in [1.54, 1.807) is 18.5 Å². The number of hydrogen-bond acceptors (Lipinski definition) is 2. The van der Waals surface area contributed by atoms with Crippen LogP contribution < -0.4 is 0 Å². The maximum Gasteiger partial charge on any atom is 0.137 e. The van der Waals surface area contributed by atoms with Gasteiger partial charge < -0.3 is 10.1 Å². The van der Waals surface area contributed by atoms with Crippen molar-refractivity contribution in [3.8, 4) is 0 Å². The number of fused-ring (bicyclic) bond motifs is 1. The van der Waals surface area contributed by atoms with Gasteiger partial charge in [-0.3, -0.25) is 0 Å². The molecule has 3 aromatic rings. The summed E-state index contributed by atoms with van der Waals surface area (Å²) < 4.78 is 0.979. The molecule has 0 spiro atoms. The summed E-state index contributed by atoms with van der Waals surface area (Å²) in [5.74, 6) is 0. The van der Waals surface area contributed by atoms with E-state index in [9.17, 15) is 5.11 Å². The number of benzene rings is 1. The van der Waals surface area contributed by atoms with Crippen molar-refractivity contribution in [3.63, 3.8) is 0 Å². The van der Waals surface area contributed by atoms with Crippen LogP contribution in [0.3, 0.4) is 0 Å². The van der Waals surface area contributed by atoms with Crippen LogP contribution in [-0.2, 0) is 0 Å². The maximum atomic E-state index is 10.5. The SMILES string of the molecule is OC(c1ccc(Br)cc1)c1c[nH]c2ncc(Cl)cc12. The normalized spacial score (nSPS) is 12.8. The van der Waals surface area contributed by atoms with Crippen LogP contribution in [0.25, 0.3) is 11.0 Å². The third kappa shape index (κ3) is 2.39. The Balaban J connectivity index is 2.08. The van der Waals surface area contributed by atoms with Gasteiger partial charge in [0.15, 0.2) is 0 Å². The molecule has 1 aromatic carbocycles. The van der Waals surface area contributed by atoms with Gasteiger partial charge in [0.05, 0.1) is 5.02 Å². The van der Waals surface area contributed by atoms with Gasteiger partial charge in [-0.1, -0.05) is 39.7 Å². The van der Waals surface area contributed by atoms with Crippen LogP contribution in [0, 0.1) is 0 Å². The van der Waals surface area contributed by atoms with Crippen molar-refractivity contribution in [1.29, 1.82) is 0 Å². The lowest BCUT2D eigenvalue weighted by Gasteiger charge is -2.10. The number of aliphatic hydroxyl groups excluding tert-OH is 1. The molecule has 0 fully saturated rings. The molecule has 0 radical (unpaired) electrons. The Bertz CT molecular complexity index is 724. The second-order valence-electron chi connectivity index (χ2n) is 4.25. The number of aliphatic hydroxyl groups is 1. The van der Waals surface area contributed by atoms with Crippen LogP contribution in [0.1, 0.15) is 17.2 Å². The second-order valence-corrected chi connectivity index (χ2v) is 5.60. The van der Waals surface area contributed by atoms with Crippen LogP contribution in [-0.4, -0.2) is 15.1 Å². The fourth-order valence-electron chi connectivity index (χ4n) is 2.05. The molecular formula is C14H10BrClN2O. The molecule has 0 aliphatic rings. The van der Waals surface area contributed by atoms with Gasteiger partial charge in [0, 0.05) is 27.8 Å². The van der Waals surface area contributed by atoms with Gasteiger partial charge in [-0.25, -0.2) is 4.98 Å². The van der Waals surface area contributed by atoms with Crippen LogP contribution in [0.5, 0.6) is 0 Å². The number of H-pyrrole nitrogens is 1. The minimum Gasteiger partial charge on any atom is -0.384 e. The molecule has 1 atom stereocenters. The lowest BCUT2D eigenvalue weighted by molar-refractivity contribution is 0.222. The molecule has 0 aliphatic heterocycles. The topological polar surface area (TPSA) is 48.9 Å². The van der Waals surface area contributed by atoms with Crippen molar-refractivity contribution in [2.45, 2.75) is 6.10 Å². The minimum absolute atomic E-state index is 0.552. The van der Waals surface area contributed by atoms with Crippen LogP contribution in [0.15, 0.2) is 47.2 Å². The van der Waals surface area contributed by atoms with E-state index in [0.29, 0.717) is 5.02 Å². The quantitative estimate of drug-likeness (QED) is 0.741. The fourth-order valence-corrected chi connectivity index (χ4v) is 2.47. The Kier molecular flexibility index (Phi) is 3.31. The highest BCUT2D eigenvalue weighted by molar-refractivity contribution is 9.10. The summed E-state index contributed by atoms with van der Waals surface area (Å²) in [5.41, 5.74) is 2.31. The average Bonchev–Trinajstić information content (AvgIpc) is 2.81. The molecule has 0 aliphatic carbocycles. The Hall–Kier alpha value is -1.36. The molecule has 0 amide bonds. The first-order chi connectivity index (χ1) is 9.15. The zero-order chi connectivity index (χ0) is 13.4. The monoisotopic (exact) mass is 336 g/mol. The third-order valence-electron chi connectivity index (χ3n) is 3.01. The Morgan fingerprint density at radius 2 is 2.00 bits per heavy atom. The van der Waals surface area contributed by atoms with Gasteiger partial charge >= 0.3 is 0 Å². The fraction of sp³-hybridized carbons (Fsp3) is 0.0714. The van der Waals surface area contributed by atoms with Crippen molar-refractivity contribution in [2.75, 3.05) is 0 Å². The number of nitrogens with zero attached hydrogens (tertiary/aromatic N) is 1. The highest BCUT2D eigenvalue weighted by atomic mass is 79.9.